The fraction of sp³-hybridized carbons (Fsp3) is 0.333. The van der Waals surface area contributed by atoms with Crippen LogP contribution in [0.3, 0.4) is 0 Å². The molecule has 2 rings (SSSR count). The number of fused-ring (bicyclic) bond motifs is 1. The third kappa shape index (κ3) is 2.08. The van der Waals surface area contributed by atoms with E-state index in [1.54, 1.807) is 6.20 Å². The van der Waals surface area contributed by atoms with E-state index in [0.29, 0.717) is 0 Å². The molecule has 0 aliphatic heterocycles. The number of aromatic nitrogens is 2. The normalized spacial score (nSPS) is 9.43. The summed E-state index contributed by atoms with van der Waals surface area (Å²) in [4.78, 5) is 8.52. The number of rotatable bonds is 0. The molecule has 0 N–H and O–H groups in total. The van der Waals surface area contributed by atoms with E-state index >= 15 is 0 Å². The fourth-order valence-electron chi connectivity index (χ4n) is 1.38. The molecule has 0 bridgehead atoms. The Hall–Kier alpha value is -1.44. The van der Waals surface area contributed by atoms with Crippen LogP contribution < -0.4 is 0 Å². The Kier molecular flexibility index (Phi) is 3.57. The van der Waals surface area contributed by atoms with E-state index in [0.717, 1.165) is 16.7 Å². The zero-order chi connectivity index (χ0) is 10.6. The maximum atomic E-state index is 4.33. The first kappa shape index (κ1) is 10.6. The molecule has 0 unspecified atom stereocenters. The Balaban J connectivity index is 0.000000461. The lowest BCUT2D eigenvalue weighted by Crippen LogP contribution is -1.88. The molecular weight excluding hydrogens is 172 g/mol. The quantitative estimate of drug-likeness (QED) is 0.634. The van der Waals surface area contributed by atoms with Crippen molar-refractivity contribution in [1.82, 2.24) is 9.97 Å². The van der Waals surface area contributed by atoms with Crippen molar-refractivity contribution >= 4 is 11.0 Å². The van der Waals surface area contributed by atoms with Crippen molar-refractivity contribution in [3.8, 4) is 0 Å². The second kappa shape index (κ2) is 4.70. The van der Waals surface area contributed by atoms with Crippen LogP contribution in [-0.4, -0.2) is 9.97 Å². The number of nitrogens with zero attached hydrogens (tertiary/aromatic N) is 2. The molecule has 0 aromatic carbocycles. The predicted octanol–water partition coefficient (Wildman–Crippen LogP) is 3.27. The van der Waals surface area contributed by atoms with Crippen LogP contribution in [-0.2, 0) is 0 Å². The van der Waals surface area contributed by atoms with Crippen LogP contribution in [0, 0.1) is 13.8 Å². The number of hydrogen-bond donors (Lipinski definition) is 0. The van der Waals surface area contributed by atoms with Crippen molar-refractivity contribution < 1.29 is 0 Å². The fourth-order valence-corrected chi connectivity index (χ4v) is 1.38. The Morgan fingerprint density at radius 3 is 2.57 bits per heavy atom. The summed E-state index contributed by atoms with van der Waals surface area (Å²) in [6.07, 6.45) is 1.77. The minimum absolute atomic E-state index is 0.843. The number of pyridine rings is 2. The first-order chi connectivity index (χ1) is 6.77. The Bertz CT molecular complexity index is 422. The summed E-state index contributed by atoms with van der Waals surface area (Å²) >= 11 is 0. The first-order valence-electron chi connectivity index (χ1n) is 4.96. The molecule has 0 radical (unpaired) electrons. The minimum Gasteiger partial charge on any atom is -0.237 e. The third-order valence-electron chi connectivity index (χ3n) is 1.92. The number of hydrogen-bond acceptors (Lipinski definition) is 2. The van der Waals surface area contributed by atoms with Gasteiger partial charge in [0.25, 0.3) is 0 Å². The van der Waals surface area contributed by atoms with Crippen molar-refractivity contribution in [1.29, 1.82) is 0 Å². The highest BCUT2D eigenvalue weighted by atomic mass is 14.8. The molecule has 2 nitrogen and oxygen atoms in total. The predicted molar refractivity (Wildman–Crippen MR) is 60.4 cm³/mol. The minimum atomic E-state index is 0.843. The van der Waals surface area contributed by atoms with Gasteiger partial charge >= 0.3 is 0 Å². The molecule has 2 heterocycles. The topological polar surface area (TPSA) is 25.8 Å². The van der Waals surface area contributed by atoms with Gasteiger partial charge in [-0.15, -0.1) is 0 Å². The Morgan fingerprint density at radius 2 is 1.86 bits per heavy atom. The second-order valence-corrected chi connectivity index (χ2v) is 2.96. The largest absolute Gasteiger partial charge is 0.237 e. The van der Waals surface area contributed by atoms with Gasteiger partial charge in [0.2, 0.25) is 0 Å². The summed E-state index contributed by atoms with van der Waals surface area (Å²) in [5, 5.41) is 1.14. The lowest BCUT2D eigenvalue weighted by molar-refractivity contribution is 1.19. The van der Waals surface area contributed by atoms with Crippen LogP contribution in [0.5, 0.6) is 0 Å². The van der Waals surface area contributed by atoms with E-state index in [1.807, 2.05) is 32.9 Å². The maximum Gasteiger partial charge on any atom is 0.159 e. The summed E-state index contributed by atoms with van der Waals surface area (Å²) in [6, 6.07) is 6.06. The van der Waals surface area contributed by atoms with Crippen molar-refractivity contribution in [3.63, 3.8) is 0 Å². The van der Waals surface area contributed by atoms with Gasteiger partial charge < -0.3 is 0 Å². The van der Waals surface area contributed by atoms with Crippen LogP contribution >= 0.6 is 0 Å². The maximum absolute atomic E-state index is 4.33. The van der Waals surface area contributed by atoms with Gasteiger partial charge in [0.05, 0.1) is 0 Å². The standard InChI is InChI=1S/C10H10N2.C2H6/c1-7-6-8(2)12-10-9(7)4-3-5-11-10;1-2/h3-6H,1-2H3;1-2H3. The molecule has 0 aliphatic rings. The average Bonchev–Trinajstić information content (AvgIpc) is 2.20. The van der Waals surface area contributed by atoms with Crippen molar-refractivity contribution in [2.75, 3.05) is 0 Å². The molecule has 0 fully saturated rings. The molecule has 74 valence electrons. The second-order valence-electron chi connectivity index (χ2n) is 2.96. The lowest BCUT2D eigenvalue weighted by atomic mass is 10.1. The van der Waals surface area contributed by atoms with Crippen molar-refractivity contribution in [2.45, 2.75) is 27.7 Å². The van der Waals surface area contributed by atoms with Gasteiger partial charge in [0, 0.05) is 17.3 Å². The summed E-state index contributed by atoms with van der Waals surface area (Å²) in [5.41, 5.74) is 3.11. The average molecular weight is 188 g/mol. The van der Waals surface area contributed by atoms with Gasteiger partial charge in [-0.25, -0.2) is 9.97 Å². The van der Waals surface area contributed by atoms with E-state index < -0.39 is 0 Å². The van der Waals surface area contributed by atoms with E-state index in [2.05, 4.69) is 23.0 Å². The van der Waals surface area contributed by atoms with E-state index in [4.69, 9.17) is 0 Å². The molecule has 0 saturated carbocycles. The van der Waals surface area contributed by atoms with E-state index in [-0.39, 0.29) is 0 Å². The van der Waals surface area contributed by atoms with Gasteiger partial charge in [0.1, 0.15) is 0 Å². The zero-order valence-corrected chi connectivity index (χ0v) is 9.20. The van der Waals surface area contributed by atoms with Crippen LogP contribution in [0.2, 0.25) is 0 Å². The molecule has 0 spiro atoms. The van der Waals surface area contributed by atoms with Crippen LogP contribution in [0.25, 0.3) is 11.0 Å². The summed E-state index contributed by atoms with van der Waals surface area (Å²) in [5.74, 6) is 0. The molecule has 0 amide bonds. The smallest absolute Gasteiger partial charge is 0.159 e. The summed E-state index contributed by atoms with van der Waals surface area (Å²) in [7, 11) is 0. The van der Waals surface area contributed by atoms with E-state index in [1.165, 1.54) is 5.56 Å². The Labute approximate surface area is 85.0 Å². The number of aryl methyl sites for hydroxylation is 2. The van der Waals surface area contributed by atoms with Crippen LogP contribution in [0.15, 0.2) is 24.4 Å². The first-order valence-corrected chi connectivity index (χ1v) is 4.96. The molecule has 2 heteroatoms. The monoisotopic (exact) mass is 188 g/mol. The molecular formula is C12H16N2. The molecule has 0 atom stereocenters. The van der Waals surface area contributed by atoms with Crippen LogP contribution in [0.4, 0.5) is 0 Å². The molecule has 2 aromatic rings. The van der Waals surface area contributed by atoms with Gasteiger partial charge in [0.15, 0.2) is 5.65 Å². The SMILES string of the molecule is CC.Cc1cc(C)c2cccnc2n1. The Morgan fingerprint density at radius 1 is 1.14 bits per heavy atom. The van der Waals surface area contributed by atoms with Crippen molar-refractivity contribution in [2.24, 2.45) is 0 Å². The van der Waals surface area contributed by atoms with Gasteiger partial charge in [-0.2, -0.15) is 0 Å². The molecule has 0 aliphatic carbocycles. The van der Waals surface area contributed by atoms with Gasteiger partial charge in [-0.1, -0.05) is 13.8 Å². The summed E-state index contributed by atoms with van der Waals surface area (Å²) in [6.45, 7) is 8.07. The highest BCUT2D eigenvalue weighted by molar-refractivity contribution is 5.78. The third-order valence-corrected chi connectivity index (χ3v) is 1.92. The van der Waals surface area contributed by atoms with Gasteiger partial charge in [-0.3, -0.25) is 0 Å². The highest BCUT2D eigenvalue weighted by Gasteiger charge is 1.98. The van der Waals surface area contributed by atoms with Gasteiger partial charge in [-0.05, 0) is 37.6 Å². The molecule has 14 heavy (non-hydrogen) atoms. The summed E-state index contributed by atoms with van der Waals surface area (Å²) < 4.78 is 0. The molecule has 0 saturated heterocycles. The lowest BCUT2D eigenvalue weighted by Gasteiger charge is -2.00. The zero-order valence-electron chi connectivity index (χ0n) is 9.20. The van der Waals surface area contributed by atoms with Crippen LogP contribution in [0.1, 0.15) is 25.1 Å². The molecule has 2 aromatic heterocycles. The van der Waals surface area contributed by atoms with E-state index in [9.17, 15) is 0 Å². The highest BCUT2D eigenvalue weighted by Crippen LogP contribution is 2.14. The van der Waals surface area contributed by atoms with Crippen molar-refractivity contribution in [3.05, 3.63) is 35.7 Å².